The summed E-state index contributed by atoms with van der Waals surface area (Å²) in [5.41, 5.74) is 0. The number of rotatable bonds is 9. The zero-order chi connectivity index (χ0) is 13.3. The Balaban J connectivity index is 3.79. The van der Waals surface area contributed by atoms with Gasteiger partial charge in [0.25, 0.3) is 5.97 Å². The summed E-state index contributed by atoms with van der Waals surface area (Å²) in [5.74, 6) is 1.22. The highest BCUT2D eigenvalue weighted by molar-refractivity contribution is 6.05. The van der Waals surface area contributed by atoms with Gasteiger partial charge in [-0.3, -0.25) is 4.79 Å². The van der Waals surface area contributed by atoms with Gasteiger partial charge in [-0.2, -0.15) is 0 Å². The number of carbonyl (C=O) groups is 1. The quantitative estimate of drug-likeness (QED) is 0.470. The Labute approximate surface area is 109 Å². The van der Waals surface area contributed by atoms with E-state index in [1.807, 2.05) is 0 Å². The number of hydrogen-bond donors (Lipinski definition) is 0. The van der Waals surface area contributed by atoms with Crippen LogP contribution in [0.25, 0.3) is 0 Å². The van der Waals surface area contributed by atoms with Crippen LogP contribution >= 0.6 is 0 Å². The molecular formula is C13H28O3Si. The van der Waals surface area contributed by atoms with Gasteiger partial charge in [0.05, 0.1) is 6.10 Å². The predicted molar refractivity (Wildman–Crippen MR) is 73.9 cm³/mol. The molecule has 0 amide bonds. The van der Waals surface area contributed by atoms with Crippen molar-refractivity contribution in [3.05, 3.63) is 0 Å². The van der Waals surface area contributed by atoms with Gasteiger partial charge in [-0.15, -0.1) is 0 Å². The van der Waals surface area contributed by atoms with Gasteiger partial charge in [0.1, 0.15) is 0 Å². The van der Waals surface area contributed by atoms with Gasteiger partial charge < -0.3 is 9.16 Å². The molecule has 0 aromatic rings. The number of carbonyl (C=O) groups excluding carboxylic acids is 1. The molecule has 0 fully saturated rings. The molecular weight excluding hydrogens is 232 g/mol. The van der Waals surface area contributed by atoms with Crippen molar-refractivity contribution in [1.82, 2.24) is 0 Å². The average molecular weight is 260 g/mol. The van der Waals surface area contributed by atoms with Gasteiger partial charge in [0.2, 0.25) is 10.5 Å². The fraction of sp³-hybridized carbons (Fsp3) is 0.923. The zero-order valence-corrected chi connectivity index (χ0v) is 14.0. The molecule has 0 bridgehead atoms. The van der Waals surface area contributed by atoms with Crippen LogP contribution in [0.4, 0.5) is 0 Å². The van der Waals surface area contributed by atoms with E-state index in [1.54, 1.807) is 0 Å². The largest absolute Gasteiger partial charge is 0.529 e. The molecule has 0 N–H and O–H groups in total. The molecule has 0 aliphatic heterocycles. The Bertz CT molecular complexity index is 195. The van der Waals surface area contributed by atoms with Crippen LogP contribution in [0.5, 0.6) is 0 Å². The van der Waals surface area contributed by atoms with Crippen molar-refractivity contribution in [3.63, 3.8) is 0 Å². The van der Waals surface area contributed by atoms with Crippen molar-refractivity contribution < 1.29 is 14.0 Å². The molecule has 0 aromatic heterocycles. The maximum atomic E-state index is 11.0. The minimum Gasteiger partial charge on any atom is -0.529 e. The highest BCUT2D eigenvalue weighted by atomic mass is 28.2. The summed E-state index contributed by atoms with van der Waals surface area (Å²) in [5, 5.41) is 0. The molecule has 17 heavy (non-hydrogen) atoms. The van der Waals surface area contributed by atoms with Crippen LogP contribution < -0.4 is 0 Å². The molecule has 0 atom stereocenters. The fourth-order valence-electron chi connectivity index (χ4n) is 1.85. The van der Waals surface area contributed by atoms with E-state index in [0.29, 0.717) is 41.5 Å². The molecule has 0 saturated carbocycles. The van der Waals surface area contributed by atoms with E-state index in [0.717, 1.165) is 19.3 Å². The Hall–Kier alpha value is -0.353. The second kappa shape index (κ2) is 9.65. The first kappa shape index (κ1) is 16.6. The van der Waals surface area contributed by atoms with Crippen LogP contribution in [0.1, 0.15) is 53.4 Å². The summed E-state index contributed by atoms with van der Waals surface area (Å²) < 4.78 is 10.6. The average Bonchev–Trinajstić information content (AvgIpc) is 2.22. The van der Waals surface area contributed by atoms with Crippen LogP contribution in [0.15, 0.2) is 0 Å². The molecule has 0 aromatic carbocycles. The second-order valence-electron chi connectivity index (χ2n) is 5.43. The van der Waals surface area contributed by atoms with E-state index in [9.17, 15) is 4.79 Å². The Kier molecular flexibility index (Phi) is 9.45. The van der Waals surface area contributed by atoms with E-state index in [1.165, 1.54) is 0 Å². The van der Waals surface area contributed by atoms with Crippen molar-refractivity contribution in [2.45, 2.75) is 59.5 Å². The highest BCUT2D eigenvalue weighted by Crippen LogP contribution is 2.17. The monoisotopic (exact) mass is 260 g/mol. The summed E-state index contributed by atoms with van der Waals surface area (Å²) in [4.78, 5) is 11.0. The minimum absolute atomic E-state index is 0.0930. The first-order valence-electron chi connectivity index (χ1n) is 6.64. The lowest BCUT2D eigenvalue weighted by molar-refractivity contribution is -0.134. The van der Waals surface area contributed by atoms with Crippen LogP contribution in [-0.2, 0) is 14.0 Å². The van der Waals surface area contributed by atoms with Crippen molar-refractivity contribution in [3.8, 4) is 0 Å². The molecule has 0 saturated heterocycles. The molecule has 4 heteroatoms. The van der Waals surface area contributed by atoms with Crippen molar-refractivity contribution in [2.75, 3.05) is 6.61 Å². The summed E-state index contributed by atoms with van der Waals surface area (Å²) in [7, 11) is 0.494. The molecule has 102 valence electrons. The minimum atomic E-state index is -0.0930. The molecule has 0 aliphatic rings. The second-order valence-corrected chi connectivity index (χ2v) is 5.84. The maximum Gasteiger partial charge on any atom is 0.291 e. The lowest BCUT2D eigenvalue weighted by atomic mass is 9.98. The zero-order valence-electron chi connectivity index (χ0n) is 12.0. The number of hydrogen-bond acceptors (Lipinski definition) is 3. The molecule has 0 spiro atoms. The van der Waals surface area contributed by atoms with E-state index in [2.05, 4.69) is 27.7 Å². The Morgan fingerprint density at radius 1 is 1.12 bits per heavy atom. The first-order chi connectivity index (χ1) is 7.95. The van der Waals surface area contributed by atoms with E-state index in [4.69, 9.17) is 9.16 Å². The normalized spacial score (nSPS) is 11.7. The van der Waals surface area contributed by atoms with E-state index in [-0.39, 0.29) is 5.97 Å². The Morgan fingerprint density at radius 3 is 2.06 bits per heavy atom. The lowest BCUT2D eigenvalue weighted by Crippen LogP contribution is -2.19. The van der Waals surface area contributed by atoms with Gasteiger partial charge in [-0.25, -0.2) is 0 Å². The fourth-order valence-corrected chi connectivity index (χ4v) is 2.06. The smallest absolute Gasteiger partial charge is 0.291 e. The Morgan fingerprint density at radius 2 is 1.65 bits per heavy atom. The summed E-state index contributed by atoms with van der Waals surface area (Å²) in [6.45, 7) is 9.54. The molecule has 0 aliphatic carbocycles. The van der Waals surface area contributed by atoms with Gasteiger partial charge in [0, 0.05) is 13.0 Å². The molecule has 0 heterocycles. The third-order valence-electron chi connectivity index (χ3n) is 2.58. The van der Waals surface area contributed by atoms with Crippen molar-refractivity contribution in [1.29, 1.82) is 0 Å². The first-order valence-corrected chi connectivity index (χ1v) is 7.45. The highest BCUT2D eigenvalue weighted by Gasteiger charge is 2.13. The van der Waals surface area contributed by atoms with Crippen molar-refractivity contribution >= 4 is 16.5 Å². The molecule has 3 nitrogen and oxygen atoms in total. The predicted octanol–water partition coefficient (Wildman–Crippen LogP) is 2.07. The topological polar surface area (TPSA) is 35.5 Å². The van der Waals surface area contributed by atoms with E-state index >= 15 is 0 Å². The van der Waals surface area contributed by atoms with Crippen LogP contribution in [0.3, 0.4) is 0 Å². The SMILES string of the molecule is CC(C)CC(CC(C)C)OCCCC(=O)O[SiH3]. The standard InChI is InChI=1S/C13H28O3Si/c1-10(2)8-12(9-11(3)4)15-7-5-6-13(14)16-17/h10-12H,5-9H2,1-4,17H3. The third kappa shape index (κ3) is 10.5. The third-order valence-corrected chi connectivity index (χ3v) is 3.03. The van der Waals surface area contributed by atoms with Crippen LogP contribution in [0, 0.1) is 11.8 Å². The summed E-state index contributed by atoms with van der Waals surface area (Å²) in [6.07, 6.45) is 3.79. The summed E-state index contributed by atoms with van der Waals surface area (Å²) >= 11 is 0. The molecule has 0 rings (SSSR count). The van der Waals surface area contributed by atoms with Gasteiger partial charge in [-0.1, -0.05) is 27.7 Å². The van der Waals surface area contributed by atoms with Gasteiger partial charge in [-0.05, 0) is 31.1 Å². The number of ether oxygens (including phenoxy) is 1. The van der Waals surface area contributed by atoms with Gasteiger partial charge in [0.15, 0.2) is 0 Å². The van der Waals surface area contributed by atoms with Crippen LogP contribution in [-0.4, -0.2) is 29.2 Å². The van der Waals surface area contributed by atoms with Crippen molar-refractivity contribution in [2.24, 2.45) is 11.8 Å². The van der Waals surface area contributed by atoms with Crippen LogP contribution in [0.2, 0.25) is 0 Å². The lowest BCUT2D eigenvalue weighted by Gasteiger charge is -2.21. The van der Waals surface area contributed by atoms with Gasteiger partial charge >= 0.3 is 0 Å². The van der Waals surface area contributed by atoms with E-state index < -0.39 is 0 Å². The molecule has 0 unspecified atom stereocenters. The molecule has 0 radical (unpaired) electrons. The maximum absolute atomic E-state index is 11.0. The summed E-state index contributed by atoms with van der Waals surface area (Å²) in [6, 6.07) is 0.